The van der Waals surface area contributed by atoms with Gasteiger partial charge in [0.05, 0.1) is 10.0 Å². The summed E-state index contributed by atoms with van der Waals surface area (Å²) >= 11 is 7.22. The van der Waals surface area contributed by atoms with E-state index in [4.69, 9.17) is 17.3 Å². The van der Waals surface area contributed by atoms with Gasteiger partial charge in [0, 0.05) is 30.7 Å². The summed E-state index contributed by atoms with van der Waals surface area (Å²) in [5, 5.41) is 2.83. The first-order chi connectivity index (χ1) is 8.99. The zero-order valence-electron chi connectivity index (χ0n) is 9.71. The van der Waals surface area contributed by atoms with Crippen molar-refractivity contribution in [3.05, 3.63) is 33.9 Å². The molecule has 6 nitrogen and oxygen atoms in total. The molecule has 0 saturated carbocycles. The van der Waals surface area contributed by atoms with Crippen molar-refractivity contribution in [2.45, 2.75) is 11.3 Å². The van der Waals surface area contributed by atoms with Gasteiger partial charge in [-0.05, 0) is 6.07 Å². The van der Waals surface area contributed by atoms with Gasteiger partial charge >= 0.3 is 0 Å². The van der Waals surface area contributed by atoms with E-state index in [2.05, 4.69) is 14.7 Å². The molecule has 2 heterocycles. The number of anilines is 1. The van der Waals surface area contributed by atoms with Gasteiger partial charge in [-0.15, -0.1) is 11.3 Å². The summed E-state index contributed by atoms with van der Waals surface area (Å²) in [6, 6.07) is 1.27. The van der Waals surface area contributed by atoms with Crippen LogP contribution < -0.4 is 10.5 Å². The quantitative estimate of drug-likeness (QED) is 0.865. The summed E-state index contributed by atoms with van der Waals surface area (Å²) < 4.78 is 26.4. The first kappa shape index (κ1) is 14.2. The van der Waals surface area contributed by atoms with Crippen LogP contribution in [-0.2, 0) is 16.4 Å². The van der Waals surface area contributed by atoms with Gasteiger partial charge in [0.1, 0.15) is 10.7 Å². The second kappa shape index (κ2) is 5.83. The molecule has 2 aromatic heterocycles. The summed E-state index contributed by atoms with van der Waals surface area (Å²) in [5.41, 5.74) is 5.43. The molecule has 102 valence electrons. The summed E-state index contributed by atoms with van der Waals surface area (Å²) in [6.07, 6.45) is 3.39. The van der Waals surface area contributed by atoms with Crippen LogP contribution in [0.2, 0.25) is 5.02 Å². The normalized spacial score (nSPS) is 11.6. The van der Waals surface area contributed by atoms with Gasteiger partial charge in [-0.1, -0.05) is 11.6 Å². The summed E-state index contributed by atoms with van der Waals surface area (Å²) in [6.45, 7) is 0.262. The van der Waals surface area contributed by atoms with Gasteiger partial charge in [-0.3, -0.25) is 0 Å². The third kappa shape index (κ3) is 3.63. The highest BCUT2D eigenvalue weighted by atomic mass is 35.5. The molecule has 0 atom stereocenters. The first-order valence-electron chi connectivity index (χ1n) is 5.28. The maximum absolute atomic E-state index is 12.0. The van der Waals surface area contributed by atoms with Crippen LogP contribution in [0.1, 0.15) is 5.01 Å². The summed E-state index contributed by atoms with van der Waals surface area (Å²) in [5.74, 6) is 0.100. The summed E-state index contributed by atoms with van der Waals surface area (Å²) in [4.78, 5) is 7.78. The molecule has 0 aromatic carbocycles. The van der Waals surface area contributed by atoms with Crippen molar-refractivity contribution in [1.82, 2.24) is 14.7 Å². The minimum Gasteiger partial charge on any atom is -0.382 e. The van der Waals surface area contributed by atoms with Crippen LogP contribution >= 0.6 is 22.9 Å². The second-order valence-electron chi connectivity index (χ2n) is 3.61. The Balaban J connectivity index is 2.03. The highest BCUT2D eigenvalue weighted by molar-refractivity contribution is 7.89. The minimum absolute atomic E-state index is 0.00848. The number of aromatic nitrogens is 2. The van der Waals surface area contributed by atoms with Crippen molar-refractivity contribution in [1.29, 1.82) is 0 Å². The van der Waals surface area contributed by atoms with E-state index in [9.17, 15) is 8.42 Å². The van der Waals surface area contributed by atoms with Gasteiger partial charge in [0.25, 0.3) is 0 Å². The van der Waals surface area contributed by atoms with Gasteiger partial charge < -0.3 is 5.73 Å². The van der Waals surface area contributed by atoms with E-state index in [0.717, 1.165) is 5.01 Å². The molecule has 0 aliphatic heterocycles. The van der Waals surface area contributed by atoms with Crippen molar-refractivity contribution >= 4 is 38.8 Å². The molecule has 2 aromatic rings. The van der Waals surface area contributed by atoms with Gasteiger partial charge in [0.15, 0.2) is 0 Å². The molecule has 0 spiro atoms. The average Bonchev–Trinajstić information content (AvgIpc) is 2.85. The maximum Gasteiger partial charge on any atom is 0.242 e. The number of hydrogen-bond acceptors (Lipinski definition) is 6. The molecule has 0 bridgehead atoms. The van der Waals surface area contributed by atoms with E-state index in [-0.39, 0.29) is 22.3 Å². The Labute approximate surface area is 119 Å². The smallest absolute Gasteiger partial charge is 0.242 e. The minimum atomic E-state index is -3.63. The molecular weight excluding hydrogens is 308 g/mol. The Bertz CT molecular complexity index is 658. The number of thiazole rings is 1. The lowest BCUT2D eigenvalue weighted by molar-refractivity contribution is 0.581. The van der Waals surface area contributed by atoms with Crippen molar-refractivity contribution < 1.29 is 8.42 Å². The third-order valence-electron chi connectivity index (χ3n) is 2.27. The van der Waals surface area contributed by atoms with E-state index in [1.54, 1.807) is 6.20 Å². The Morgan fingerprint density at radius 2 is 2.21 bits per heavy atom. The molecule has 19 heavy (non-hydrogen) atoms. The SMILES string of the molecule is Nc1ncc(S(=O)(=O)NCCc2nccs2)cc1Cl. The fourth-order valence-corrected chi connectivity index (χ4v) is 3.18. The average molecular weight is 319 g/mol. The highest BCUT2D eigenvalue weighted by Crippen LogP contribution is 2.19. The maximum atomic E-state index is 12.0. The number of nitrogens with two attached hydrogens (primary N) is 1. The zero-order chi connectivity index (χ0) is 13.9. The van der Waals surface area contributed by atoms with Crippen LogP contribution in [0.3, 0.4) is 0 Å². The third-order valence-corrected chi connectivity index (χ3v) is 4.84. The van der Waals surface area contributed by atoms with Crippen molar-refractivity contribution in [3.63, 3.8) is 0 Å². The topological polar surface area (TPSA) is 98.0 Å². The van der Waals surface area contributed by atoms with Crippen LogP contribution in [-0.4, -0.2) is 24.9 Å². The Morgan fingerprint density at radius 1 is 1.42 bits per heavy atom. The first-order valence-corrected chi connectivity index (χ1v) is 8.02. The van der Waals surface area contributed by atoms with Gasteiger partial charge in [-0.2, -0.15) is 0 Å². The lowest BCUT2D eigenvalue weighted by atomic mass is 10.5. The van der Waals surface area contributed by atoms with Crippen molar-refractivity contribution in [2.24, 2.45) is 0 Å². The van der Waals surface area contributed by atoms with Crippen LogP contribution in [0.25, 0.3) is 0 Å². The lowest BCUT2D eigenvalue weighted by Gasteiger charge is -2.06. The predicted octanol–water partition coefficient (Wildman–Crippen LogP) is 1.29. The number of pyridine rings is 1. The van der Waals surface area contributed by atoms with Crippen LogP contribution in [0, 0.1) is 0 Å². The highest BCUT2D eigenvalue weighted by Gasteiger charge is 2.15. The monoisotopic (exact) mass is 318 g/mol. The van der Waals surface area contributed by atoms with E-state index in [1.807, 2.05) is 5.38 Å². The van der Waals surface area contributed by atoms with Crippen LogP contribution in [0.4, 0.5) is 5.82 Å². The molecule has 0 fully saturated rings. The number of hydrogen-bond donors (Lipinski definition) is 2. The molecule has 2 rings (SSSR count). The second-order valence-corrected chi connectivity index (χ2v) is 6.76. The largest absolute Gasteiger partial charge is 0.382 e. The molecule has 0 aliphatic carbocycles. The lowest BCUT2D eigenvalue weighted by Crippen LogP contribution is -2.26. The van der Waals surface area contributed by atoms with Crippen molar-refractivity contribution in [2.75, 3.05) is 12.3 Å². The van der Waals surface area contributed by atoms with E-state index in [1.165, 1.54) is 23.6 Å². The van der Waals surface area contributed by atoms with E-state index < -0.39 is 10.0 Å². The van der Waals surface area contributed by atoms with Gasteiger partial charge in [0.2, 0.25) is 10.0 Å². The standard InChI is InChI=1S/C10H11ClN4O2S2/c11-8-5-7(6-14-10(8)12)19(16,17)15-2-1-9-13-3-4-18-9/h3-6,15H,1-2H2,(H2,12,14). The number of rotatable bonds is 5. The van der Waals surface area contributed by atoms with E-state index >= 15 is 0 Å². The number of nitrogen functional groups attached to an aromatic ring is 1. The molecule has 0 radical (unpaired) electrons. The van der Waals surface area contributed by atoms with Crippen LogP contribution in [0.5, 0.6) is 0 Å². The Hall–Kier alpha value is -1.22. The van der Waals surface area contributed by atoms with Gasteiger partial charge in [-0.25, -0.2) is 23.1 Å². The molecular formula is C10H11ClN4O2S2. The fourth-order valence-electron chi connectivity index (χ4n) is 1.33. The Kier molecular flexibility index (Phi) is 4.35. The van der Waals surface area contributed by atoms with E-state index in [0.29, 0.717) is 6.42 Å². The number of halogens is 1. The number of nitrogens with zero attached hydrogens (tertiary/aromatic N) is 2. The number of sulfonamides is 1. The van der Waals surface area contributed by atoms with Crippen molar-refractivity contribution in [3.8, 4) is 0 Å². The summed E-state index contributed by atoms with van der Waals surface area (Å²) in [7, 11) is -3.63. The Morgan fingerprint density at radius 3 is 2.84 bits per heavy atom. The van der Waals surface area contributed by atoms with Crippen LogP contribution in [0.15, 0.2) is 28.7 Å². The molecule has 0 aliphatic rings. The molecule has 0 unspecified atom stereocenters. The zero-order valence-corrected chi connectivity index (χ0v) is 12.1. The fraction of sp³-hybridized carbons (Fsp3) is 0.200. The molecule has 9 heteroatoms. The predicted molar refractivity (Wildman–Crippen MR) is 74.7 cm³/mol. The number of nitrogens with one attached hydrogen (secondary N) is 1. The molecule has 3 N–H and O–H groups in total. The molecule has 0 saturated heterocycles. The molecule has 0 amide bonds.